The molecule has 0 bridgehead atoms. The van der Waals surface area contributed by atoms with Crippen LogP contribution in [-0.2, 0) is 10.5 Å². The largest absolute Gasteiger partial charge is 0.364 e. The van der Waals surface area contributed by atoms with E-state index in [0.717, 1.165) is 11.1 Å². The van der Waals surface area contributed by atoms with Gasteiger partial charge in [0, 0.05) is 0 Å². The van der Waals surface area contributed by atoms with E-state index < -0.39 is 23.9 Å². The molecule has 0 radical (unpaired) electrons. The summed E-state index contributed by atoms with van der Waals surface area (Å²) in [7, 11) is 0. The number of benzene rings is 2. The molecule has 22 heavy (non-hydrogen) atoms. The zero-order valence-corrected chi connectivity index (χ0v) is 12.0. The number of primary amides is 1. The summed E-state index contributed by atoms with van der Waals surface area (Å²) in [5.74, 6) is -6.24. The summed E-state index contributed by atoms with van der Waals surface area (Å²) in [6.45, 7) is 1.25. The molecule has 1 amide bonds. The second-order valence-electron chi connectivity index (χ2n) is 5.04. The molecule has 0 aromatic heterocycles. The highest BCUT2D eigenvalue weighted by Gasteiger charge is 2.59. The van der Waals surface area contributed by atoms with Crippen molar-refractivity contribution >= 4 is 5.91 Å². The van der Waals surface area contributed by atoms with E-state index in [-0.39, 0.29) is 5.56 Å². The van der Waals surface area contributed by atoms with Crippen LogP contribution in [0.1, 0.15) is 18.9 Å². The summed E-state index contributed by atoms with van der Waals surface area (Å²) in [5.41, 5.74) is 2.93. The molecule has 116 valence electrons. The number of carbonyl (C=O) groups excluding carboxylic acids is 1. The predicted molar refractivity (Wildman–Crippen MR) is 79.1 cm³/mol. The molecular formula is C17H16F3NO. The number of amides is 1. The van der Waals surface area contributed by atoms with Crippen molar-refractivity contribution in [1.82, 2.24) is 0 Å². The average Bonchev–Trinajstić information content (AvgIpc) is 2.54. The Morgan fingerprint density at radius 2 is 1.45 bits per heavy atom. The van der Waals surface area contributed by atoms with Gasteiger partial charge in [0.25, 0.3) is 5.91 Å². The fourth-order valence-corrected chi connectivity index (χ4v) is 2.36. The maximum Gasteiger partial charge on any atom is 0.361 e. The zero-order valence-electron chi connectivity index (χ0n) is 12.0. The lowest BCUT2D eigenvalue weighted by atomic mass is 9.85. The Morgan fingerprint density at radius 3 is 1.91 bits per heavy atom. The first-order chi connectivity index (χ1) is 10.3. The number of alkyl halides is 3. The Balaban J connectivity index is 2.42. The number of rotatable bonds is 5. The van der Waals surface area contributed by atoms with Gasteiger partial charge in [0.05, 0.1) is 0 Å². The first-order valence-corrected chi connectivity index (χ1v) is 6.85. The van der Waals surface area contributed by atoms with Crippen molar-refractivity contribution in [2.45, 2.75) is 24.9 Å². The molecule has 0 saturated carbocycles. The van der Waals surface area contributed by atoms with E-state index in [1.165, 1.54) is 19.1 Å². The van der Waals surface area contributed by atoms with Gasteiger partial charge in [0.1, 0.15) is 0 Å². The fourth-order valence-electron chi connectivity index (χ4n) is 2.36. The molecule has 2 nitrogen and oxygen atoms in total. The third-order valence-electron chi connectivity index (χ3n) is 3.74. The third-order valence-corrected chi connectivity index (χ3v) is 3.74. The molecule has 0 aliphatic heterocycles. The highest BCUT2D eigenvalue weighted by Crippen LogP contribution is 2.44. The minimum atomic E-state index is -4.27. The minimum Gasteiger partial charge on any atom is -0.364 e. The van der Waals surface area contributed by atoms with Gasteiger partial charge in [-0.2, -0.15) is 8.78 Å². The second-order valence-corrected chi connectivity index (χ2v) is 5.04. The van der Waals surface area contributed by atoms with Crippen LogP contribution in [0.3, 0.4) is 0 Å². The van der Waals surface area contributed by atoms with Crippen LogP contribution in [0.2, 0.25) is 0 Å². The first-order valence-electron chi connectivity index (χ1n) is 6.85. The number of hydrogen-bond acceptors (Lipinski definition) is 1. The van der Waals surface area contributed by atoms with Crippen LogP contribution in [-0.4, -0.2) is 11.8 Å². The second kappa shape index (κ2) is 5.83. The average molecular weight is 307 g/mol. The van der Waals surface area contributed by atoms with Gasteiger partial charge >= 0.3 is 5.92 Å². The molecule has 2 aromatic carbocycles. The van der Waals surface area contributed by atoms with E-state index in [1.54, 1.807) is 12.1 Å². The quantitative estimate of drug-likeness (QED) is 0.889. The van der Waals surface area contributed by atoms with E-state index in [4.69, 9.17) is 0 Å². The molecule has 2 aromatic rings. The number of hydrogen-bond donors (Lipinski definition) is 1. The number of carbonyl (C=O) groups is 1. The van der Waals surface area contributed by atoms with Crippen molar-refractivity contribution < 1.29 is 18.0 Å². The van der Waals surface area contributed by atoms with Gasteiger partial charge in [-0.05, 0) is 23.1 Å². The summed E-state index contributed by atoms with van der Waals surface area (Å²) >= 11 is 0. The van der Waals surface area contributed by atoms with Gasteiger partial charge in [0.15, 0.2) is 0 Å². The molecule has 0 spiro atoms. The van der Waals surface area contributed by atoms with Gasteiger partial charge < -0.3 is 5.73 Å². The van der Waals surface area contributed by atoms with Crippen LogP contribution in [0.5, 0.6) is 0 Å². The molecule has 0 aliphatic rings. The highest BCUT2D eigenvalue weighted by molar-refractivity contribution is 5.83. The Morgan fingerprint density at radius 1 is 0.955 bits per heavy atom. The maximum atomic E-state index is 14.8. The number of nitrogens with two attached hydrogens (primary N) is 1. The molecule has 2 rings (SSSR count). The Bertz CT molecular complexity index is 655. The standard InChI is InChI=1S/C17H16F3NO/c1-2-16(18,17(19,20)15(21)22)14-10-8-13(9-11-14)12-6-4-3-5-7-12/h3-11H,2H2,1H3,(H2,21,22). The van der Waals surface area contributed by atoms with E-state index in [1.807, 2.05) is 30.3 Å². The summed E-state index contributed by atoms with van der Waals surface area (Å²) in [6, 6.07) is 14.9. The fraction of sp³-hybridized carbons (Fsp3) is 0.235. The smallest absolute Gasteiger partial charge is 0.361 e. The Labute approximate surface area is 126 Å². The van der Waals surface area contributed by atoms with E-state index in [2.05, 4.69) is 5.73 Å². The number of halogens is 3. The lowest BCUT2D eigenvalue weighted by Gasteiger charge is -2.30. The maximum absolute atomic E-state index is 14.8. The van der Waals surface area contributed by atoms with Crippen LogP contribution in [0.4, 0.5) is 13.2 Å². The van der Waals surface area contributed by atoms with Crippen molar-refractivity contribution in [3.05, 3.63) is 60.2 Å². The van der Waals surface area contributed by atoms with Crippen LogP contribution in [0.25, 0.3) is 11.1 Å². The van der Waals surface area contributed by atoms with Crippen molar-refractivity contribution in [3.8, 4) is 11.1 Å². The highest BCUT2D eigenvalue weighted by atomic mass is 19.3. The summed E-state index contributed by atoms with van der Waals surface area (Å²) < 4.78 is 42.5. The normalized spacial score (nSPS) is 14.4. The Kier molecular flexibility index (Phi) is 4.26. The molecule has 0 saturated heterocycles. The Hall–Kier alpha value is -2.30. The molecule has 0 heterocycles. The first kappa shape index (κ1) is 16.1. The molecule has 0 fully saturated rings. The minimum absolute atomic E-state index is 0.265. The van der Waals surface area contributed by atoms with Gasteiger partial charge in [-0.25, -0.2) is 4.39 Å². The lowest BCUT2D eigenvalue weighted by Crippen LogP contribution is -2.50. The van der Waals surface area contributed by atoms with Crippen LogP contribution < -0.4 is 5.73 Å². The monoisotopic (exact) mass is 307 g/mol. The summed E-state index contributed by atoms with van der Waals surface area (Å²) in [6.07, 6.45) is -0.562. The van der Waals surface area contributed by atoms with Crippen molar-refractivity contribution in [2.75, 3.05) is 0 Å². The SMILES string of the molecule is CCC(F)(c1ccc(-c2ccccc2)cc1)C(F)(F)C(N)=O. The van der Waals surface area contributed by atoms with E-state index >= 15 is 0 Å². The van der Waals surface area contributed by atoms with Gasteiger partial charge in [-0.15, -0.1) is 0 Å². The van der Waals surface area contributed by atoms with E-state index in [9.17, 15) is 18.0 Å². The summed E-state index contributed by atoms with van der Waals surface area (Å²) in [4.78, 5) is 10.9. The zero-order chi connectivity index (χ0) is 16.4. The van der Waals surface area contributed by atoms with Gasteiger partial charge in [-0.1, -0.05) is 61.5 Å². The molecule has 1 unspecified atom stereocenters. The molecule has 1 atom stereocenters. The molecular weight excluding hydrogens is 291 g/mol. The topological polar surface area (TPSA) is 43.1 Å². The molecule has 0 aliphatic carbocycles. The van der Waals surface area contributed by atoms with Crippen LogP contribution in [0.15, 0.2) is 54.6 Å². The van der Waals surface area contributed by atoms with Gasteiger partial charge in [0.2, 0.25) is 5.67 Å². The summed E-state index contributed by atoms with van der Waals surface area (Å²) in [5, 5.41) is 0. The lowest BCUT2D eigenvalue weighted by molar-refractivity contribution is -0.173. The van der Waals surface area contributed by atoms with E-state index in [0.29, 0.717) is 0 Å². The molecule has 5 heteroatoms. The third kappa shape index (κ3) is 2.58. The molecule has 2 N–H and O–H groups in total. The van der Waals surface area contributed by atoms with Crippen molar-refractivity contribution in [2.24, 2.45) is 5.73 Å². The van der Waals surface area contributed by atoms with Gasteiger partial charge in [-0.3, -0.25) is 4.79 Å². The van der Waals surface area contributed by atoms with Crippen molar-refractivity contribution in [3.63, 3.8) is 0 Å². The van der Waals surface area contributed by atoms with Crippen LogP contribution in [0, 0.1) is 0 Å². The predicted octanol–water partition coefficient (Wildman–Crippen LogP) is 4.05. The van der Waals surface area contributed by atoms with Crippen LogP contribution >= 0.6 is 0 Å². The van der Waals surface area contributed by atoms with Crippen molar-refractivity contribution in [1.29, 1.82) is 0 Å².